The summed E-state index contributed by atoms with van der Waals surface area (Å²) in [4.78, 5) is 0. The van der Waals surface area contributed by atoms with Crippen molar-refractivity contribution in [2.75, 3.05) is 7.11 Å². The Balaban J connectivity index is 2.78. The van der Waals surface area contributed by atoms with E-state index in [4.69, 9.17) is 4.74 Å². The first kappa shape index (κ1) is 9.73. The summed E-state index contributed by atoms with van der Waals surface area (Å²) in [6, 6.07) is 6.23. The lowest BCUT2D eigenvalue weighted by molar-refractivity contribution is 0.413. The molecule has 0 amide bonds. The van der Waals surface area contributed by atoms with E-state index in [9.17, 15) is 0 Å². The van der Waals surface area contributed by atoms with Crippen molar-refractivity contribution in [2.45, 2.75) is 0 Å². The molecule has 0 saturated heterocycles. The highest BCUT2D eigenvalue weighted by Gasteiger charge is 2.07. The molecule has 0 saturated carbocycles. The predicted octanol–water partition coefficient (Wildman–Crippen LogP) is 4.28. The number of hydrogen-bond donors (Lipinski definition) is 0. The lowest BCUT2D eigenvalue weighted by atomic mass is 10.2. The summed E-state index contributed by atoms with van der Waals surface area (Å²) in [5.74, 6) is 0.894. The average Bonchev–Trinajstić information content (AvgIpc) is 2.47. The Morgan fingerprint density at radius 1 is 1.46 bits per heavy atom. The molecular weight excluding hydrogens is 363 g/mol. The predicted molar refractivity (Wildman–Crippen MR) is 68.8 cm³/mol. The van der Waals surface area contributed by atoms with Gasteiger partial charge in [-0.2, -0.15) is 0 Å². The number of fused-ring (bicyclic) bond motifs is 1. The van der Waals surface area contributed by atoms with Crippen LogP contribution in [0.25, 0.3) is 10.1 Å². The van der Waals surface area contributed by atoms with Gasteiger partial charge in [-0.1, -0.05) is 0 Å². The van der Waals surface area contributed by atoms with Crippen LogP contribution in [0.1, 0.15) is 0 Å². The van der Waals surface area contributed by atoms with Crippen LogP contribution in [0, 0.1) is 2.88 Å². The van der Waals surface area contributed by atoms with Gasteiger partial charge in [-0.3, -0.25) is 0 Å². The minimum Gasteiger partial charge on any atom is -0.496 e. The summed E-state index contributed by atoms with van der Waals surface area (Å²) in [5.41, 5.74) is 0. The fraction of sp³-hybridized carbons (Fsp3) is 0.111. The number of rotatable bonds is 1. The Morgan fingerprint density at radius 2 is 2.23 bits per heavy atom. The molecule has 0 spiro atoms. The second-order valence-corrected chi connectivity index (χ2v) is 6.29. The van der Waals surface area contributed by atoms with Crippen LogP contribution in [0.4, 0.5) is 0 Å². The number of ether oxygens (including phenoxy) is 1. The molecular formula is C9H6BrIOS. The van der Waals surface area contributed by atoms with E-state index >= 15 is 0 Å². The Labute approximate surface area is 102 Å². The standard InChI is InChI=1S/C9H6BrIOS/c1-12-6-3-2-5-4-7(11)13-9(5)8(6)10/h2-4H,1H3. The minimum absolute atomic E-state index is 0.894. The maximum Gasteiger partial charge on any atom is 0.134 e. The van der Waals surface area contributed by atoms with Crippen LogP contribution in [0.3, 0.4) is 0 Å². The third-order valence-corrected chi connectivity index (χ3v) is 4.76. The molecule has 68 valence electrons. The third kappa shape index (κ3) is 1.71. The van der Waals surface area contributed by atoms with Crippen LogP contribution in [0.2, 0.25) is 0 Å². The largest absolute Gasteiger partial charge is 0.496 e. The van der Waals surface area contributed by atoms with Crippen LogP contribution in [-0.4, -0.2) is 7.11 Å². The smallest absolute Gasteiger partial charge is 0.134 e. The van der Waals surface area contributed by atoms with Crippen molar-refractivity contribution in [3.05, 3.63) is 25.6 Å². The number of hydrogen-bond acceptors (Lipinski definition) is 2. The van der Waals surface area contributed by atoms with Gasteiger partial charge in [0.2, 0.25) is 0 Å². The highest BCUT2D eigenvalue weighted by Crippen LogP contribution is 2.38. The molecule has 1 heterocycles. The van der Waals surface area contributed by atoms with Crippen molar-refractivity contribution in [3.8, 4) is 5.75 Å². The summed E-state index contributed by atoms with van der Waals surface area (Å²) in [6.45, 7) is 0. The zero-order chi connectivity index (χ0) is 9.42. The quantitative estimate of drug-likeness (QED) is 0.683. The van der Waals surface area contributed by atoms with E-state index in [0.29, 0.717) is 0 Å². The Morgan fingerprint density at radius 3 is 2.92 bits per heavy atom. The van der Waals surface area contributed by atoms with Crippen molar-refractivity contribution in [1.82, 2.24) is 0 Å². The molecule has 0 aliphatic rings. The fourth-order valence-corrected chi connectivity index (χ4v) is 3.75. The molecule has 0 fully saturated rings. The lowest BCUT2D eigenvalue weighted by Crippen LogP contribution is -1.82. The van der Waals surface area contributed by atoms with E-state index in [-0.39, 0.29) is 0 Å². The van der Waals surface area contributed by atoms with Crippen LogP contribution in [0.5, 0.6) is 5.75 Å². The molecule has 2 rings (SSSR count). The van der Waals surface area contributed by atoms with Gasteiger partial charge >= 0.3 is 0 Å². The Kier molecular flexibility index (Phi) is 2.80. The van der Waals surface area contributed by atoms with Crippen LogP contribution in [-0.2, 0) is 0 Å². The number of benzene rings is 1. The van der Waals surface area contributed by atoms with Gasteiger partial charge in [0.25, 0.3) is 0 Å². The van der Waals surface area contributed by atoms with Crippen molar-refractivity contribution in [1.29, 1.82) is 0 Å². The lowest BCUT2D eigenvalue weighted by Gasteiger charge is -2.02. The van der Waals surface area contributed by atoms with Gasteiger partial charge in [0, 0.05) is 0 Å². The van der Waals surface area contributed by atoms with Crippen molar-refractivity contribution in [3.63, 3.8) is 0 Å². The highest BCUT2D eigenvalue weighted by molar-refractivity contribution is 14.1. The van der Waals surface area contributed by atoms with E-state index in [1.165, 1.54) is 13.0 Å². The van der Waals surface area contributed by atoms with Crippen LogP contribution >= 0.6 is 49.9 Å². The third-order valence-electron chi connectivity index (χ3n) is 1.78. The summed E-state index contributed by atoms with van der Waals surface area (Å²) in [6.07, 6.45) is 0. The molecule has 0 unspecified atom stereocenters. The van der Waals surface area contributed by atoms with Crippen molar-refractivity contribution >= 4 is 59.9 Å². The molecule has 1 aromatic heterocycles. The summed E-state index contributed by atoms with van der Waals surface area (Å²) in [5, 5.41) is 1.27. The number of methoxy groups -OCH3 is 1. The Hall–Kier alpha value is 0.190. The molecule has 0 aliphatic carbocycles. The van der Waals surface area contributed by atoms with Crippen molar-refractivity contribution < 1.29 is 4.74 Å². The van der Waals surface area contributed by atoms with Gasteiger partial charge in [-0.05, 0) is 62.1 Å². The van der Waals surface area contributed by atoms with Gasteiger partial charge in [0.15, 0.2) is 0 Å². The maximum atomic E-state index is 5.22. The maximum absolute atomic E-state index is 5.22. The van der Waals surface area contributed by atoms with Gasteiger partial charge < -0.3 is 4.74 Å². The first-order valence-electron chi connectivity index (χ1n) is 3.64. The molecule has 0 atom stereocenters. The normalized spacial score (nSPS) is 10.7. The van der Waals surface area contributed by atoms with Crippen molar-refractivity contribution in [2.24, 2.45) is 0 Å². The first-order chi connectivity index (χ1) is 6.22. The van der Waals surface area contributed by atoms with Gasteiger partial charge in [0.05, 0.1) is 19.2 Å². The molecule has 0 aliphatic heterocycles. The summed E-state index contributed by atoms with van der Waals surface area (Å²) >= 11 is 7.64. The second-order valence-electron chi connectivity index (χ2n) is 2.55. The first-order valence-corrected chi connectivity index (χ1v) is 6.32. The van der Waals surface area contributed by atoms with E-state index in [2.05, 4.69) is 50.7 Å². The number of halogens is 2. The minimum atomic E-state index is 0.894. The number of thiophene rings is 1. The molecule has 2 aromatic rings. The van der Waals surface area contributed by atoms with E-state index < -0.39 is 0 Å². The summed E-state index contributed by atoms with van der Waals surface area (Å²) in [7, 11) is 1.69. The van der Waals surface area contributed by atoms with Gasteiger partial charge in [0.1, 0.15) is 5.75 Å². The zero-order valence-corrected chi connectivity index (χ0v) is 11.4. The SMILES string of the molecule is COc1ccc2cc(I)sc2c1Br. The molecule has 0 bridgehead atoms. The molecule has 1 aromatic carbocycles. The zero-order valence-electron chi connectivity index (χ0n) is 6.80. The van der Waals surface area contributed by atoms with E-state index in [1.807, 2.05) is 6.07 Å². The molecule has 4 heteroatoms. The van der Waals surface area contributed by atoms with Crippen LogP contribution < -0.4 is 4.74 Å². The topological polar surface area (TPSA) is 9.23 Å². The molecule has 0 N–H and O–H groups in total. The fourth-order valence-electron chi connectivity index (χ4n) is 1.18. The van der Waals surface area contributed by atoms with Crippen LogP contribution in [0.15, 0.2) is 22.7 Å². The summed E-state index contributed by atoms with van der Waals surface area (Å²) < 4.78 is 8.82. The molecule has 0 radical (unpaired) electrons. The van der Waals surface area contributed by atoms with E-state index in [1.54, 1.807) is 18.4 Å². The molecule has 1 nitrogen and oxygen atoms in total. The Bertz CT molecular complexity index is 452. The molecule has 13 heavy (non-hydrogen) atoms. The monoisotopic (exact) mass is 368 g/mol. The van der Waals surface area contributed by atoms with Gasteiger partial charge in [-0.25, -0.2) is 0 Å². The second kappa shape index (κ2) is 3.74. The van der Waals surface area contributed by atoms with Gasteiger partial charge in [-0.15, -0.1) is 11.3 Å². The average molecular weight is 369 g/mol. The van der Waals surface area contributed by atoms with E-state index in [0.717, 1.165) is 10.2 Å². The highest BCUT2D eigenvalue weighted by atomic mass is 127.